The Hall–Kier alpha value is -2.48. The Morgan fingerprint density at radius 3 is 2.96 bits per heavy atom. The van der Waals surface area contributed by atoms with E-state index in [4.69, 9.17) is 14.0 Å². The molecule has 0 radical (unpaired) electrons. The molecule has 0 unspecified atom stereocenters. The molecule has 8 heteroatoms. The maximum absolute atomic E-state index is 12.8. The predicted molar refractivity (Wildman–Crippen MR) is 88.3 cm³/mol. The van der Waals surface area contributed by atoms with E-state index < -0.39 is 0 Å². The van der Waals surface area contributed by atoms with Gasteiger partial charge in [-0.15, -0.1) is 0 Å². The minimum absolute atomic E-state index is 0.0821. The molecule has 0 aliphatic carbocycles. The van der Waals surface area contributed by atoms with Crippen molar-refractivity contribution >= 4 is 5.91 Å². The number of carbonyl (C=O) groups is 1. The molecule has 0 bridgehead atoms. The number of hydrogen-bond donors (Lipinski definition) is 0. The Balaban J connectivity index is 1.68. The van der Waals surface area contributed by atoms with E-state index in [1.54, 1.807) is 24.1 Å². The summed E-state index contributed by atoms with van der Waals surface area (Å²) in [6.07, 6.45) is 3.97. The number of likely N-dealkylation sites (tertiary alicyclic amines) is 1. The SMILES string of the molecule is CCc1nc([C@@H]2CCCN2C(=O)c2ccc(OCCOC)nc2)no1. The van der Waals surface area contributed by atoms with Crippen molar-refractivity contribution in [2.45, 2.75) is 32.2 Å². The second kappa shape index (κ2) is 8.06. The lowest BCUT2D eigenvalue weighted by Crippen LogP contribution is -2.31. The maximum Gasteiger partial charge on any atom is 0.256 e. The summed E-state index contributed by atoms with van der Waals surface area (Å²) in [6.45, 7) is 3.53. The number of carbonyl (C=O) groups excluding carboxylic acids is 1. The van der Waals surface area contributed by atoms with E-state index in [9.17, 15) is 4.79 Å². The Morgan fingerprint density at radius 2 is 2.28 bits per heavy atom. The number of rotatable bonds is 7. The van der Waals surface area contributed by atoms with Crippen LogP contribution in [-0.2, 0) is 11.2 Å². The van der Waals surface area contributed by atoms with E-state index in [0.29, 0.717) is 49.3 Å². The van der Waals surface area contributed by atoms with Crippen LogP contribution in [-0.4, -0.2) is 52.8 Å². The third-order valence-corrected chi connectivity index (χ3v) is 4.12. The van der Waals surface area contributed by atoms with Crippen molar-refractivity contribution in [3.8, 4) is 5.88 Å². The summed E-state index contributed by atoms with van der Waals surface area (Å²) in [4.78, 5) is 23.2. The Morgan fingerprint density at radius 1 is 1.40 bits per heavy atom. The first-order chi connectivity index (χ1) is 12.2. The molecule has 1 aliphatic heterocycles. The van der Waals surface area contributed by atoms with Gasteiger partial charge in [-0.05, 0) is 18.9 Å². The molecule has 0 spiro atoms. The number of ether oxygens (including phenoxy) is 2. The third-order valence-electron chi connectivity index (χ3n) is 4.12. The van der Waals surface area contributed by atoms with Crippen LogP contribution in [0.2, 0.25) is 0 Å². The molecule has 1 atom stereocenters. The van der Waals surface area contributed by atoms with Crippen LogP contribution < -0.4 is 4.74 Å². The van der Waals surface area contributed by atoms with Crippen molar-refractivity contribution in [3.05, 3.63) is 35.6 Å². The molecule has 0 N–H and O–H groups in total. The second-order valence-corrected chi connectivity index (χ2v) is 5.78. The molecular weight excluding hydrogens is 324 g/mol. The van der Waals surface area contributed by atoms with Crippen molar-refractivity contribution in [3.63, 3.8) is 0 Å². The summed E-state index contributed by atoms with van der Waals surface area (Å²) in [5, 5.41) is 4.02. The monoisotopic (exact) mass is 346 g/mol. The third kappa shape index (κ3) is 3.96. The zero-order valence-corrected chi connectivity index (χ0v) is 14.5. The van der Waals surface area contributed by atoms with Gasteiger partial charge in [-0.25, -0.2) is 4.98 Å². The molecule has 2 aromatic rings. The zero-order valence-electron chi connectivity index (χ0n) is 14.5. The molecule has 0 saturated carbocycles. The van der Waals surface area contributed by atoms with Gasteiger partial charge < -0.3 is 18.9 Å². The number of methoxy groups -OCH3 is 1. The van der Waals surface area contributed by atoms with Crippen molar-refractivity contribution < 1.29 is 18.8 Å². The molecule has 134 valence electrons. The van der Waals surface area contributed by atoms with Gasteiger partial charge in [0.25, 0.3) is 5.91 Å². The fraction of sp³-hybridized carbons (Fsp3) is 0.529. The molecule has 25 heavy (non-hydrogen) atoms. The number of hydrogen-bond acceptors (Lipinski definition) is 7. The quantitative estimate of drug-likeness (QED) is 0.708. The van der Waals surface area contributed by atoms with E-state index in [1.807, 2.05) is 6.92 Å². The van der Waals surface area contributed by atoms with E-state index in [2.05, 4.69) is 15.1 Å². The molecule has 2 aromatic heterocycles. The van der Waals surface area contributed by atoms with Gasteiger partial charge in [0.15, 0.2) is 5.82 Å². The molecule has 1 saturated heterocycles. The molecular formula is C17H22N4O4. The number of aromatic nitrogens is 3. The molecule has 1 aliphatic rings. The summed E-state index contributed by atoms with van der Waals surface area (Å²) in [5.74, 6) is 1.56. The van der Waals surface area contributed by atoms with E-state index in [0.717, 1.165) is 12.8 Å². The molecule has 1 amide bonds. The molecule has 1 fully saturated rings. The fourth-order valence-corrected chi connectivity index (χ4v) is 2.81. The summed E-state index contributed by atoms with van der Waals surface area (Å²) in [7, 11) is 1.61. The van der Waals surface area contributed by atoms with Gasteiger partial charge in [-0.1, -0.05) is 12.1 Å². The van der Waals surface area contributed by atoms with Gasteiger partial charge in [0.2, 0.25) is 11.8 Å². The first kappa shape index (κ1) is 17.3. The highest BCUT2D eigenvalue weighted by atomic mass is 16.5. The van der Waals surface area contributed by atoms with E-state index in [-0.39, 0.29) is 11.9 Å². The van der Waals surface area contributed by atoms with Gasteiger partial charge in [0.1, 0.15) is 6.61 Å². The predicted octanol–water partition coefficient (Wildman–Crippen LogP) is 2.03. The number of pyridine rings is 1. The van der Waals surface area contributed by atoms with Gasteiger partial charge in [0.05, 0.1) is 18.2 Å². The smallest absolute Gasteiger partial charge is 0.256 e. The maximum atomic E-state index is 12.8. The average molecular weight is 346 g/mol. The first-order valence-corrected chi connectivity index (χ1v) is 8.44. The van der Waals surface area contributed by atoms with Crippen LogP contribution in [0.1, 0.15) is 47.9 Å². The van der Waals surface area contributed by atoms with Crippen LogP contribution in [0.15, 0.2) is 22.9 Å². The number of amides is 1. The summed E-state index contributed by atoms with van der Waals surface area (Å²) < 4.78 is 15.5. The number of aryl methyl sites for hydroxylation is 1. The Labute approximate surface area is 146 Å². The van der Waals surface area contributed by atoms with Gasteiger partial charge >= 0.3 is 0 Å². The summed E-state index contributed by atoms with van der Waals surface area (Å²) >= 11 is 0. The lowest BCUT2D eigenvalue weighted by molar-refractivity contribution is 0.0727. The molecule has 3 rings (SSSR count). The molecule has 0 aromatic carbocycles. The van der Waals surface area contributed by atoms with Gasteiger partial charge in [0, 0.05) is 32.3 Å². The van der Waals surface area contributed by atoms with Gasteiger partial charge in [-0.2, -0.15) is 4.98 Å². The lowest BCUT2D eigenvalue weighted by atomic mass is 10.2. The topological polar surface area (TPSA) is 90.6 Å². The fourth-order valence-electron chi connectivity index (χ4n) is 2.81. The Kier molecular flexibility index (Phi) is 5.60. The van der Waals surface area contributed by atoms with Crippen molar-refractivity contribution in [2.24, 2.45) is 0 Å². The largest absolute Gasteiger partial charge is 0.475 e. The number of nitrogens with zero attached hydrogens (tertiary/aromatic N) is 4. The zero-order chi connectivity index (χ0) is 17.6. The highest BCUT2D eigenvalue weighted by Crippen LogP contribution is 2.31. The van der Waals surface area contributed by atoms with Crippen LogP contribution in [0.25, 0.3) is 0 Å². The normalized spacial score (nSPS) is 17.0. The minimum atomic E-state index is -0.144. The highest BCUT2D eigenvalue weighted by molar-refractivity contribution is 5.94. The van der Waals surface area contributed by atoms with Crippen molar-refractivity contribution in [1.29, 1.82) is 0 Å². The van der Waals surface area contributed by atoms with Gasteiger partial charge in [-0.3, -0.25) is 4.79 Å². The lowest BCUT2D eigenvalue weighted by Gasteiger charge is -2.22. The van der Waals surface area contributed by atoms with Crippen LogP contribution in [0, 0.1) is 0 Å². The molecule has 8 nitrogen and oxygen atoms in total. The summed E-state index contributed by atoms with van der Waals surface area (Å²) in [5.41, 5.74) is 0.519. The van der Waals surface area contributed by atoms with Crippen LogP contribution >= 0.6 is 0 Å². The van der Waals surface area contributed by atoms with Crippen molar-refractivity contribution in [2.75, 3.05) is 26.9 Å². The standard InChI is InChI=1S/C17H22N4O4/c1-3-14-19-16(20-25-14)13-5-4-8-21(13)17(22)12-6-7-15(18-11-12)24-10-9-23-2/h6-7,11,13H,3-5,8-10H2,1-2H3/t13-/m0/s1. The van der Waals surface area contributed by atoms with E-state index >= 15 is 0 Å². The molecule has 3 heterocycles. The minimum Gasteiger partial charge on any atom is -0.475 e. The highest BCUT2D eigenvalue weighted by Gasteiger charge is 2.33. The van der Waals surface area contributed by atoms with Crippen LogP contribution in [0.4, 0.5) is 0 Å². The summed E-state index contributed by atoms with van der Waals surface area (Å²) in [6, 6.07) is 3.27. The van der Waals surface area contributed by atoms with Crippen LogP contribution in [0.5, 0.6) is 5.88 Å². The second-order valence-electron chi connectivity index (χ2n) is 5.78. The van der Waals surface area contributed by atoms with Crippen LogP contribution in [0.3, 0.4) is 0 Å². The average Bonchev–Trinajstić information content (AvgIpc) is 3.30. The Bertz CT molecular complexity index is 701. The first-order valence-electron chi connectivity index (χ1n) is 8.44. The van der Waals surface area contributed by atoms with E-state index in [1.165, 1.54) is 6.20 Å². The van der Waals surface area contributed by atoms with Crippen molar-refractivity contribution in [1.82, 2.24) is 20.0 Å².